The van der Waals surface area contributed by atoms with Gasteiger partial charge in [0.2, 0.25) is 0 Å². The number of amides is 2. The molecule has 0 aliphatic heterocycles. The number of hydrogen-bond donors (Lipinski definition) is 3. The van der Waals surface area contributed by atoms with Gasteiger partial charge in [-0.25, -0.2) is 13.9 Å². The number of anilines is 2. The largest absolute Gasteiger partial charge is 0.456 e. The number of aliphatic hydroxyl groups excluding tert-OH is 1. The van der Waals surface area contributed by atoms with Gasteiger partial charge in [-0.15, -0.1) is 0 Å². The summed E-state index contributed by atoms with van der Waals surface area (Å²) in [5.41, 5.74) is 2.81. The number of benzene rings is 2. The van der Waals surface area contributed by atoms with Crippen LogP contribution in [-0.4, -0.2) is 30.9 Å². The van der Waals surface area contributed by atoms with Crippen molar-refractivity contribution in [1.29, 1.82) is 0 Å². The van der Waals surface area contributed by atoms with Gasteiger partial charge in [0.25, 0.3) is 0 Å². The molecule has 0 radical (unpaired) electrons. The number of halogens is 1. The van der Waals surface area contributed by atoms with E-state index in [1.807, 2.05) is 44.2 Å². The summed E-state index contributed by atoms with van der Waals surface area (Å²) in [5, 5.41) is 20.6. The lowest BCUT2D eigenvalue weighted by molar-refractivity contribution is 0.194. The van der Waals surface area contributed by atoms with E-state index in [9.17, 15) is 14.3 Å². The number of rotatable bonds is 7. The van der Waals surface area contributed by atoms with Gasteiger partial charge in [-0.05, 0) is 61.4 Å². The molecule has 1 atom stereocenters. The first-order valence-corrected chi connectivity index (χ1v) is 12.4. The Morgan fingerprint density at radius 1 is 0.949 bits per heavy atom. The van der Waals surface area contributed by atoms with Crippen LogP contribution < -0.4 is 15.4 Å². The number of aromatic nitrogens is 4. The summed E-state index contributed by atoms with van der Waals surface area (Å²) in [6.07, 6.45) is 2.49. The molecule has 0 aliphatic carbocycles. The first kappa shape index (κ1) is 25.8. The molecule has 0 saturated heterocycles. The van der Waals surface area contributed by atoms with Crippen LogP contribution in [0, 0.1) is 5.82 Å². The van der Waals surface area contributed by atoms with Crippen LogP contribution in [0.5, 0.6) is 11.5 Å². The summed E-state index contributed by atoms with van der Waals surface area (Å²) in [6, 6.07) is 18.0. The van der Waals surface area contributed by atoms with Crippen molar-refractivity contribution in [1.82, 2.24) is 19.7 Å². The van der Waals surface area contributed by atoms with Crippen LogP contribution in [0.1, 0.15) is 44.2 Å². The Balaban J connectivity index is 1.36. The van der Waals surface area contributed by atoms with Crippen LogP contribution in [0.15, 0.2) is 79.1 Å². The van der Waals surface area contributed by atoms with Gasteiger partial charge in [-0.2, -0.15) is 5.10 Å². The number of carbonyl (C=O) groups excluding carboxylic acids is 1. The Kier molecular flexibility index (Phi) is 7.20. The summed E-state index contributed by atoms with van der Waals surface area (Å²) < 4.78 is 22.0. The van der Waals surface area contributed by atoms with E-state index in [0.717, 1.165) is 22.3 Å². The molecule has 0 fully saturated rings. The van der Waals surface area contributed by atoms with Crippen molar-refractivity contribution < 1.29 is 19.0 Å². The van der Waals surface area contributed by atoms with Crippen LogP contribution >= 0.6 is 0 Å². The van der Waals surface area contributed by atoms with Crippen LogP contribution in [0.4, 0.5) is 20.7 Å². The SMILES string of the molecule is CC(C)c1cc(NC(=O)Nc2cc(Oc3ccc(C(C)O)nc3)ccc2F)n(-c2ccc3ncccc3c2)n1. The summed E-state index contributed by atoms with van der Waals surface area (Å²) in [6.45, 7) is 5.63. The molecular weight excluding hydrogens is 499 g/mol. The lowest BCUT2D eigenvalue weighted by Gasteiger charge is -2.12. The number of carbonyl (C=O) groups is 1. The molecule has 3 N–H and O–H groups in total. The van der Waals surface area contributed by atoms with Gasteiger partial charge in [-0.3, -0.25) is 15.3 Å². The maximum absolute atomic E-state index is 14.6. The third kappa shape index (κ3) is 5.86. The third-order valence-corrected chi connectivity index (χ3v) is 6.00. The number of pyridine rings is 2. The van der Waals surface area contributed by atoms with Crippen molar-refractivity contribution in [3.05, 3.63) is 96.3 Å². The average molecular weight is 527 g/mol. The predicted octanol–water partition coefficient (Wildman–Crippen LogP) is 6.57. The Labute approximate surface area is 224 Å². The second-order valence-electron chi connectivity index (χ2n) is 9.32. The Morgan fingerprint density at radius 3 is 2.51 bits per heavy atom. The summed E-state index contributed by atoms with van der Waals surface area (Å²) in [7, 11) is 0. The molecule has 2 amide bonds. The van der Waals surface area contributed by atoms with Gasteiger partial charge in [0.1, 0.15) is 23.1 Å². The van der Waals surface area contributed by atoms with E-state index >= 15 is 0 Å². The molecule has 5 aromatic rings. The topological polar surface area (TPSA) is 114 Å². The molecule has 0 spiro atoms. The van der Waals surface area contributed by atoms with Crippen LogP contribution in [0.2, 0.25) is 0 Å². The number of fused-ring (bicyclic) bond motifs is 1. The van der Waals surface area contributed by atoms with Crippen molar-refractivity contribution in [3.63, 3.8) is 0 Å². The molecule has 5 rings (SSSR count). The number of ether oxygens (including phenoxy) is 1. The number of nitrogens with zero attached hydrogens (tertiary/aromatic N) is 4. The summed E-state index contributed by atoms with van der Waals surface area (Å²) >= 11 is 0. The fourth-order valence-corrected chi connectivity index (χ4v) is 3.93. The number of hydrogen-bond acceptors (Lipinski definition) is 6. The second-order valence-corrected chi connectivity index (χ2v) is 9.32. The van der Waals surface area contributed by atoms with Crippen LogP contribution in [0.25, 0.3) is 16.6 Å². The quantitative estimate of drug-likeness (QED) is 0.221. The highest BCUT2D eigenvalue weighted by Crippen LogP contribution is 2.28. The van der Waals surface area contributed by atoms with Gasteiger partial charge in [0.15, 0.2) is 0 Å². The maximum atomic E-state index is 14.6. The number of aliphatic hydroxyl groups is 1. The zero-order valence-electron chi connectivity index (χ0n) is 21.6. The van der Waals surface area contributed by atoms with E-state index in [1.54, 1.807) is 36.0 Å². The highest BCUT2D eigenvalue weighted by Gasteiger charge is 2.16. The minimum Gasteiger partial charge on any atom is -0.456 e. The lowest BCUT2D eigenvalue weighted by atomic mass is 10.1. The van der Waals surface area contributed by atoms with E-state index in [-0.39, 0.29) is 11.6 Å². The predicted molar refractivity (Wildman–Crippen MR) is 147 cm³/mol. The molecule has 3 heterocycles. The zero-order chi connectivity index (χ0) is 27.5. The Bertz CT molecular complexity index is 1630. The van der Waals surface area contributed by atoms with Gasteiger partial charge in [0.05, 0.1) is 40.6 Å². The van der Waals surface area contributed by atoms with E-state index in [2.05, 4.69) is 25.7 Å². The minimum atomic E-state index is -0.703. The number of urea groups is 1. The fourth-order valence-electron chi connectivity index (χ4n) is 3.93. The van der Waals surface area contributed by atoms with Crippen LogP contribution in [-0.2, 0) is 0 Å². The first-order valence-electron chi connectivity index (χ1n) is 12.4. The zero-order valence-corrected chi connectivity index (χ0v) is 21.6. The Morgan fingerprint density at radius 2 is 1.77 bits per heavy atom. The molecule has 10 heteroatoms. The van der Waals surface area contributed by atoms with Crippen molar-refractivity contribution in [2.75, 3.05) is 10.6 Å². The molecule has 9 nitrogen and oxygen atoms in total. The molecule has 198 valence electrons. The van der Waals surface area contributed by atoms with Crippen molar-refractivity contribution >= 4 is 28.4 Å². The van der Waals surface area contributed by atoms with Crippen molar-refractivity contribution in [2.24, 2.45) is 0 Å². The standard InChI is InChI=1S/C29H27FN6O3/c1-17(2)26-15-28(36(35-26)20-6-10-25-19(13-20)5-4-12-31-25)34-29(38)33-27-14-21(7-9-23(27)30)39-22-8-11-24(18(3)37)32-16-22/h4-18,37H,1-3H3,(H2,33,34,38). The van der Waals surface area contributed by atoms with Crippen molar-refractivity contribution in [2.45, 2.75) is 32.8 Å². The summed E-state index contributed by atoms with van der Waals surface area (Å²) in [5.74, 6) is 0.620. The monoisotopic (exact) mass is 526 g/mol. The highest BCUT2D eigenvalue weighted by molar-refractivity contribution is 5.99. The highest BCUT2D eigenvalue weighted by atomic mass is 19.1. The number of nitrogens with one attached hydrogen (secondary N) is 2. The van der Waals surface area contributed by atoms with E-state index < -0.39 is 18.0 Å². The maximum Gasteiger partial charge on any atom is 0.324 e. The normalized spacial score (nSPS) is 11.9. The third-order valence-electron chi connectivity index (χ3n) is 6.00. The fraction of sp³-hybridized carbons (Fsp3) is 0.172. The molecule has 2 aromatic carbocycles. The van der Waals surface area contributed by atoms with Gasteiger partial charge < -0.3 is 15.2 Å². The van der Waals surface area contributed by atoms with Gasteiger partial charge in [0, 0.05) is 23.7 Å². The van der Waals surface area contributed by atoms with Crippen LogP contribution in [0.3, 0.4) is 0 Å². The van der Waals surface area contributed by atoms with Gasteiger partial charge in [-0.1, -0.05) is 19.9 Å². The molecule has 0 aliphatic rings. The average Bonchev–Trinajstić information content (AvgIpc) is 3.34. The second kappa shape index (κ2) is 10.9. The van der Waals surface area contributed by atoms with E-state index in [4.69, 9.17) is 4.74 Å². The van der Waals surface area contributed by atoms with E-state index in [1.165, 1.54) is 24.4 Å². The Hall–Kier alpha value is -4.83. The molecule has 1 unspecified atom stereocenters. The summed E-state index contributed by atoms with van der Waals surface area (Å²) in [4.78, 5) is 21.4. The molecule has 39 heavy (non-hydrogen) atoms. The van der Waals surface area contributed by atoms with Gasteiger partial charge >= 0.3 is 6.03 Å². The molecular formula is C29H27FN6O3. The molecule has 3 aromatic heterocycles. The smallest absolute Gasteiger partial charge is 0.324 e. The molecule has 0 bridgehead atoms. The minimum absolute atomic E-state index is 0.0644. The lowest BCUT2D eigenvalue weighted by Crippen LogP contribution is -2.22. The molecule has 0 saturated carbocycles. The van der Waals surface area contributed by atoms with Crippen molar-refractivity contribution in [3.8, 4) is 17.2 Å². The van der Waals surface area contributed by atoms with E-state index in [0.29, 0.717) is 23.0 Å². The first-order chi connectivity index (χ1) is 18.8.